The van der Waals surface area contributed by atoms with Crippen molar-refractivity contribution in [2.75, 3.05) is 18.5 Å². The Morgan fingerprint density at radius 2 is 2.31 bits per heavy atom. The zero-order valence-electron chi connectivity index (χ0n) is 16.3. The van der Waals surface area contributed by atoms with Crippen LogP contribution in [0.4, 0.5) is 11.5 Å². The predicted molar refractivity (Wildman–Crippen MR) is 107 cm³/mol. The molecule has 2 aromatic rings. The van der Waals surface area contributed by atoms with Crippen LogP contribution in [0.5, 0.6) is 0 Å². The molecule has 1 saturated heterocycles. The second kappa shape index (κ2) is 7.19. The van der Waals surface area contributed by atoms with E-state index in [1.54, 1.807) is 23.0 Å². The number of nitrogens with two attached hydrogens (primary N) is 1. The molecule has 1 amide bonds. The number of nitrogens with one attached hydrogen (secondary N) is 1. The van der Waals surface area contributed by atoms with Crippen molar-refractivity contribution in [3.63, 3.8) is 0 Å². The Balaban J connectivity index is 1.67. The SMILES string of the molecule is [C-]#[N+]C1CCOCC1n1cc(C(N)=O)c(Nc2ccc3c(c2)C(C)(C)OB3O)n1. The van der Waals surface area contributed by atoms with Crippen LogP contribution in [0.25, 0.3) is 4.85 Å². The van der Waals surface area contributed by atoms with E-state index in [1.165, 1.54) is 0 Å². The number of nitrogens with zero attached hydrogens (tertiary/aromatic N) is 3. The van der Waals surface area contributed by atoms with Gasteiger partial charge in [0.1, 0.15) is 11.6 Å². The van der Waals surface area contributed by atoms with Crippen LogP contribution in [0.2, 0.25) is 0 Å². The van der Waals surface area contributed by atoms with Crippen LogP contribution in [-0.2, 0) is 15.0 Å². The highest BCUT2D eigenvalue weighted by Gasteiger charge is 2.40. The van der Waals surface area contributed by atoms with Crippen LogP contribution in [0.15, 0.2) is 24.4 Å². The molecule has 10 heteroatoms. The van der Waals surface area contributed by atoms with Gasteiger partial charge in [-0.3, -0.25) is 9.48 Å². The summed E-state index contributed by atoms with van der Waals surface area (Å²) in [6, 6.07) is 4.87. The van der Waals surface area contributed by atoms with Crippen LogP contribution in [-0.4, -0.2) is 47.1 Å². The number of rotatable bonds is 4. The van der Waals surface area contributed by atoms with E-state index >= 15 is 0 Å². The van der Waals surface area contributed by atoms with Crippen molar-refractivity contribution in [1.29, 1.82) is 0 Å². The van der Waals surface area contributed by atoms with Gasteiger partial charge in [0.2, 0.25) is 6.04 Å². The number of amides is 1. The Hall–Kier alpha value is -2.87. The summed E-state index contributed by atoms with van der Waals surface area (Å²) in [4.78, 5) is 15.6. The maximum atomic E-state index is 12.0. The molecule has 2 aliphatic rings. The summed E-state index contributed by atoms with van der Waals surface area (Å²) in [6.45, 7) is 12.1. The van der Waals surface area contributed by atoms with Crippen LogP contribution >= 0.6 is 0 Å². The molecule has 9 nitrogen and oxygen atoms in total. The highest BCUT2D eigenvalue weighted by atomic mass is 16.5. The Kier molecular flexibility index (Phi) is 4.82. The van der Waals surface area contributed by atoms with Gasteiger partial charge in [-0.25, -0.2) is 6.57 Å². The van der Waals surface area contributed by atoms with Crippen LogP contribution in [0.3, 0.4) is 0 Å². The number of carbonyl (C=O) groups is 1. The van der Waals surface area contributed by atoms with Gasteiger partial charge in [-0.05, 0) is 37.0 Å². The van der Waals surface area contributed by atoms with Gasteiger partial charge in [-0.2, -0.15) is 5.10 Å². The minimum absolute atomic E-state index is 0.232. The van der Waals surface area contributed by atoms with Crippen LogP contribution in [0.1, 0.15) is 42.2 Å². The van der Waals surface area contributed by atoms with E-state index < -0.39 is 18.6 Å². The van der Waals surface area contributed by atoms with Gasteiger partial charge in [0.25, 0.3) is 5.91 Å². The second-order valence-electron chi connectivity index (χ2n) is 7.77. The van der Waals surface area contributed by atoms with Gasteiger partial charge < -0.3 is 30.3 Å². The smallest absolute Gasteiger partial charge is 0.423 e. The first-order valence-corrected chi connectivity index (χ1v) is 9.41. The summed E-state index contributed by atoms with van der Waals surface area (Å²) in [7, 11) is -0.966. The quantitative estimate of drug-likeness (QED) is 0.524. The van der Waals surface area contributed by atoms with E-state index in [4.69, 9.17) is 21.7 Å². The zero-order valence-corrected chi connectivity index (χ0v) is 16.3. The molecule has 3 heterocycles. The molecule has 150 valence electrons. The minimum atomic E-state index is -0.966. The molecule has 1 aromatic heterocycles. The van der Waals surface area contributed by atoms with Gasteiger partial charge in [0.15, 0.2) is 5.82 Å². The number of anilines is 2. The Labute approximate surface area is 168 Å². The van der Waals surface area contributed by atoms with E-state index in [-0.39, 0.29) is 17.6 Å². The molecule has 1 aromatic carbocycles. The number of aromatic nitrogens is 2. The van der Waals surface area contributed by atoms with Crippen molar-refractivity contribution < 1.29 is 19.2 Å². The predicted octanol–water partition coefficient (Wildman–Crippen LogP) is 0.928. The first-order chi connectivity index (χ1) is 13.8. The zero-order chi connectivity index (χ0) is 20.8. The lowest BCUT2D eigenvalue weighted by Crippen LogP contribution is -2.32. The molecule has 4 rings (SSSR count). The minimum Gasteiger partial charge on any atom is -0.423 e. The number of hydrogen-bond donors (Lipinski definition) is 3. The Morgan fingerprint density at radius 3 is 3.03 bits per heavy atom. The summed E-state index contributed by atoms with van der Waals surface area (Å²) < 4.78 is 12.7. The molecule has 2 unspecified atom stereocenters. The summed E-state index contributed by atoms with van der Waals surface area (Å²) in [5.41, 5.74) is 7.39. The molecule has 0 saturated carbocycles. The third-order valence-corrected chi connectivity index (χ3v) is 5.43. The maximum absolute atomic E-state index is 12.0. The third kappa shape index (κ3) is 3.48. The molecule has 2 atom stereocenters. The first kappa shape index (κ1) is 19.5. The summed E-state index contributed by atoms with van der Waals surface area (Å²) >= 11 is 0. The molecule has 0 spiro atoms. The molecular weight excluding hydrogens is 373 g/mol. The highest BCUT2D eigenvalue weighted by molar-refractivity contribution is 6.62. The Morgan fingerprint density at radius 1 is 1.52 bits per heavy atom. The molecule has 4 N–H and O–H groups in total. The molecule has 0 aliphatic carbocycles. The molecule has 0 radical (unpaired) electrons. The molecule has 2 aliphatic heterocycles. The average molecular weight is 395 g/mol. The fraction of sp³-hybridized carbons (Fsp3) is 0.421. The summed E-state index contributed by atoms with van der Waals surface area (Å²) in [5, 5.41) is 17.7. The topological polar surface area (TPSA) is 116 Å². The first-order valence-electron chi connectivity index (χ1n) is 9.41. The molecule has 1 fully saturated rings. The van der Waals surface area contributed by atoms with Gasteiger partial charge in [-0.15, -0.1) is 0 Å². The van der Waals surface area contributed by atoms with Crippen molar-refractivity contribution in [3.8, 4) is 0 Å². The lowest BCUT2D eigenvalue weighted by atomic mass is 9.78. The second-order valence-corrected chi connectivity index (χ2v) is 7.77. The van der Waals surface area contributed by atoms with E-state index in [2.05, 4.69) is 15.3 Å². The Bertz CT molecular complexity index is 999. The van der Waals surface area contributed by atoms with E-state index in [9.17, 15) is 9.82 Å². The van der Waals surface area contributed by atoms with Crippen LogP contribution in [0, 0.1) is 6.57 Å². The van der Waals surface area contributed by atoms with E-state index in [1.807, 2.05) is 19.9 Å². The van der Waals surface area contributed by atoms with Crippen molar-refractivity contribution in [1.82, 2.24) is 9.78 Å². The standard InChI is InChI=1S/C19H22BN5O4/c1-19(2)13-8-11(4-5-14(13)20(27)29-19)23-18-12(17(21)26)9-25(24-18)16-10-28-7-6-15(16)22-3/h4-5,8-9,15-16,27H,6-7,10H2,1-2H3,(H2,21,26)(H,23,24). The maximum Gasteiger partial charge on any atom is 0.492 e. The highest BCUT2D eigenvalue weighted by Crippen LogP contribution is 2.33. The monoisotopic (exact) mass is 395 g/mol. The van der Waals surface area contributed by atoms with Gasteiger partial charge in [0, 0.05) is 18.3 Å². The lowest BCUT2D eigenvalue weighted by molar-refractivity contribution is 0.0506. The number of primary amides is 1. The van der Waals surface area contributed by atoms with Crippen molar-refractivity contribution in [2.24, 2.45) is 5.73 Å². The largest absolute Gasteiger partial charge is 0.492 e. The number of hydrogen-bond acceptors (Lipinski definition) is 6. The number of ether oxygens (including phenoxy) is 1. The fourth-order valence-electron chi connectivity index (χ4n) is 3.86. The van der Waals surface area contributed by atoms with E-state index in [0.29, 0.717) is 36.6 Å². The van der Waals surface area contributed by atoms with Gasteiger partial charge >= 0.3 is 7.12 Å². The summed E-state index contributed by atoms with van der Waals surface area (Å²) in [5.74, 6) is -0.306. The third-order valence-electron chi connectivity index (χ3n) is 5.43. The molecule has 29 heavy (non-hydrogen) atoms. The lowest BCUT2D eigenvalue weighted by Gasteiger charge is -2.23. The van der Waals surface area contributed by atoms with Crippen molar-refractivity contribution >= 4 is 30.0 Å². The number of fused-ring (bicyclic) bond motifs is 1. The van der Waals surface area contributed by atoms with Gasteiger partial charge in [-0.1, -0.05) is 6.07 Å². The van der Waals surface area contributed by atoms with E-state index in [0.717, 1.165) is 5.56 Å². The average Bonchev–Trinajstić information content (AvgIpc) is 3.20. The number of carbonyl (C=O) groups excluding carboxylic acids is 1. The van der Waals surface area contributed by atoms with Gasteiger partial charge in [0.05, 0.1) is 18.8 Å². The number of benzene rings is 1. The van der Waals surface area contributed by atoms with Crippen LogP contribution < -0.4 is 16.5 Å². The molecular formula is C19H22BN5O4. The van der Waals surface area contributed by atoms with Crippen molar-refractivity contribution in [2.45, 2.75) is 38.0 Å². The normalized spacial score (nSPS) is 22.8. The fourth-order valence-corrected chi connectivity index (χ4v) is 3.86. The van der Waals surface area contributed by atoms with Crippen molar-refractivity contribution in [3.05, 3.63) is 46.9 Å². The molecule has 0 bridgehead atoms. The summed E-state index contributed by atoms with van der Waals surface area (Å²) in [6.07, 6.45) is 2.18.